The number of thiophene rings is 1. The predicted molar refractivity (Wildman–Crippen MR) is 110 cm³/mol. The molecule has 4 rings (SSSR count). The normalized spacial score (nSPS) is 16.4. The number of hydrogen-bond donors (Lipinski definition) is 1. The maximum Gasteiger partial charge on any atom is 0.387 e. The summed E-state index contributed by atoms with van der Waals surface area (Å²) in [6.07, 6.45) is 0.920. The Labute approximate surface area is 171 Å². The maximum atomic E-state index is 12.7. The first-order valence-corrected chi connectivity index (χ1v) is 10.2. The van der Waals surface area contributed by atoms with Crippen LogP contribution in [-0.2, 0) is 11.2 Å². The Kier molecular flexibility index (Phi) is 5.87. The van der Waals surface area contributed by atoms with Crippen molar-refractivity contribution in [2.45, 2.75) is 19.1 Å². The number of carbonyl (C=O) groups excluding carboxylic acids is 1. The monoisotopic (exact) mass is 414 g/mol. The average Bonchev–Trinajstić information content (AvgIpc) is 3.18. The Morgan fingerprint density at radius 2 is 1.90 bits per heavy atom. The molecule has 7 heteroatoms. The van der Waals surface area contributed by atoms with E-state index in [1.165, 1.54) is 22.6 Å². The van der Waals surface area contributed by atoms with Gasteiger partial charge in [-0.25, -0.2) is 0 Å². The number of hydrogen-bond acceptors (Lipinski definition) is 4. The van der Waals surface area contributed by atoms with Gasteiger partial charge in [-0.15, -0.1) is 11.3 Å². The molecular weight excluding hydrogens is 394 g/mol. The van der Waals surface area contributed by atoms with E-state index >= 15 is 0 Å². The molecule has 1 aromatic heterocycles. The van der Waals surface area contributed by atoms with Gasteiger partial charge in [0, 0.05) is 17.1 Å². The SMILES string of the molecule is O=C(CN1CCc2sccc2[C@H]1c1ccccc1)Nc1ccc(OC(F)F)cc1. The zero-order chi connectivity index (χ0) is 20.2. The molecule has 1 aliphatic heterocycles. The van der Waals surface area contributed by atoms with Crippen molar-refractivity contribution < 1.29 is 18.3 Å². The number of amides is 1. The standard InChI is InChI=1S/C22H20F2N2O2S/c23-22(24)28-17-8-6-16(7-9-17)25-20(27)14-26-12-10-19-18(11-13-29-19)21(26)15-4-2-1-3-5-15/h1-9,11,13,21-22H,10,12,14H2,(H,25,27)/t21-/m1/s1. The van der Waals surface area contributed by atoms with Crippen LogP contribution in [0.5, 0.6) is 5.75 Å². The Balaban J connectivity index is 1.47. The molecule has 0 fully saturated rings. The Bertz CT molecular complexity index is 960. The minimum atomic E-state index is -2.87. The highest BCUT2D eigenvalue weighted by atomic mass is 32.1. The fourth-order valence-electron chi connectivity index (χ4n) is 3.67. The quantitative estimate of drug-likeness (QED) is 0.622. The molecule has 0 radical (unpaired) electrons. The fourth-order valence-corrected chi connectivity index (χ4v) is 4.57. The third-order valence-corrected chi connectivity index (χ3v) is 5.89. The van der Waals surface area contributed by atoms with Gasteiger partial charge in [-0.2, -0.15) is 8.78 Å². The minimum absolute atomic E-state index is 0.0405. The number of fused-ring (bicyclic) bond motifs is 1. The van der Waals surface area contributed by atoms with Gasteiger partial charge in [0.15, 0.2) is 0 Å². The first-order chi connectivity index (χ1) is 14.1. The summed E-state index contributed by atoms with van der Waals surface area (Å²) in [5.41, 5.74) is 2.96. The highest BCUT2D eigenvalue weighted by Gasteiger charge is 2.30. The molecule has 0 bridgehead atoms. The number of carbonyl (C=O) groups is 1. The van der Waals surface area contributed by atoms with Gasteiger partial charge in [-0.3, -0.25) is 9.69 Å². The molecule has 1 amide bonds. The Morgan fingerprint density at radius 3 is 2.62 bits per heavy atom. The van der Waals surface area contributed by atoms with Crippen molar-refractivity contribution in [2.75, 3.05) is 18.4 Å². The lowest BCUT2D eigenvalue weighted by Gasteiger charge is -2.35. The van der Waals surface area contributed by atoms with E-state index in [1.807, 2.05) is 18.2 Å². The van der Waals surface area contributed by atoms with Crippen LogP contribution in [0.1, 0.15) is 22.0 Å². The van der Waals surface area contributed by atoms with E-state index in [0.717, 1.165) is 18.5 Å². The van der Waals surface area contributed by atoms with Crippen LogP contribution in [0.15, 0.2) is 66.0 Å². The van der Waals surface area contributed by atoms with Crippen molar-refractivity contribution in [3.8, 4) is 5.75 Å². The number of ether oxygens (including phenoxy) is 1. The topological polar surface area (TPSA) is 41.6 Å². The van der Waals surface area contributed by atoms with Crippen LogP contribution >= 0.6 is 11.3 Å². The summed E-state index contributed by atoms with van der Waals surface area (Å²) in [7, 11) is 0. The zero-order valence-electron chi connectivity index (χ0n) is 15.6. The first-order valence-electron chi connectivity index (χ1n) is 9.30. The Hall–Kier alpha value is -2.77. The van der Waals surface area contributed by atoms with Crippen molar-refractivity contribution in [1.82, 2.24) is 4.90 Å². The van der Waals surface area contributed by atoms with Crippen molar-refractivity contribution in [2.24, 2.45) is 0 Å². The van der Waals surface area contributed by atoms with Gasteiger partial charge in [0.25, 0.3) is 0 Å². The molecule has 29 heavy (non-hydrogen) atoms. The number of nitrogens with one attached hydrogen (secondary N) is 1. The van der Waals surface area contributed by atoms with Crippen molar-refractivity contribution in [3.63, 3.8) is 0 Å². The van der Waals surface area contributed by atoms with Crippen LogP contribution in [0.25, 0.3) is 0 Å². The average molecular weight is 414 g/mol. The van der Waals surface area contributed by atoms with E-state index < -0.39 is 6.61 Å². The molecular formula is C22H20F2N2O2S. The number of alkyl halides is 2. The largest absolute Gasteiger partial charge is 0.435 e. The van der Waals surface area contributed by atoms with Crippen molar-refractivity contribution >= 4 is 22.9 Å². The lowest BCUT2D eigenvalue weighted by Crippen LogP contribution is -2.40. The van der Waals surface area contributed by atoms with E-state index in [0.29, 0.717) is 5.69 Å². The van der Waals surface area contributed by atoms with Crippen LogP contribution in [0, 0.1) is 0 Å². The number of nitrogens with zero attached hydrogens (tertiary/aromatic N) is 1. The molecule has 0 saturated carbocycles. The molecule has 150 valence electrons. The lowest BCUT2D eigenvalue weighted by molar-refractivity contribution is -0.117. The summed E-state index contributed by atoms with van der Waals surface area (Å²) in [4.78, 5) is 16.2. The van der Waals surface area contributed by atoms with Crippen molar-refractivity contribution in [3.05, 3.63) is 82.0 Å². The molecule has 1 N–H and O–H groups in total. The maximum absolute atomic E-state index is 12.7. The molecule has 3 aromatic rings. The highest BCUT2D eigenvalue weighted by Crippen LogP contribution is 2.37. The van der Waals surface area contributed by atoms with Crippen molar-refractivity contribution in [1.29, 1.82) is 0 Å². The van der Waals surface area contributed by atoms with Gasteiger partial charge >= 0.3 is 6.61 Å². The minimum Gasteiger partial charge on any atom is -0.435 e. The molecule has 1 atom stereocenters. The number of halogens is 2. The molecule has 0 aliphatic carbocycles. The highest BCUT2D eigenvalue weighted by molar-refractivity contribution is 7.10. The lowest BCUT2D eigenvalue weighted by atomic mass is 9.93. The van der Waals surface area contributed by atoms with Gasteiger partial charge in [0.2, 0.25) is 5.91 Å². The molecule has 4 nitrogen and oxygen atoms in total. The predicted octanol–water partition coefficient (Wildman–Crippen LogP) is 4.94. The summed E-state index contributed by atoms with van der Waals surface area (Å²) in [5, 5.41) is 4.94. The van der Waals surface area contributed by atoms with Gasteiger partial charge < -0.3 is 10.1 Å². The van der Waals surface area contributed by atoms with E-state index in [4.69, 9.17) is 0 Å². The fraction of sp³-hybridized carbons (Fsp3) is 0.227. The van der Waals surface area contributed by atoms with Crippen LogP contribution in [0.3, 0.4) is 0 Å². The second kappa shape index (κ2) is 8.71. The molecule has 2 heterocycles. The van der Waals surface area contributed by atoms with Gasteiger partial charge in [0.1, 0.15) is 5.75 Å². The van der Waals surface area contributed by atoms with Crippen LogP contribution < -0.4 is 10.1 Å². The number of rotatable bonds is 6. The molecule has 2 aromatic carbocycles. The summed E-state index contributed by atoms with van der Waals surface area (Å²) >= 11 is 1.76. The van der Waals surface area contributed by atoms with E-state index in [1.54, 1.807) is 23.5 Å². The van der Waals surface area contributed by atoms with Gasteiger partial charge in [-0.05, 0) is 53.3 Å². The smallest absolute Gasteiger partial charge is 0.387 e. The second-order valence-electron chi connectivity index (χ2n) is 6.78. The summed E-state index contributed by atoms with van der Waals surface area (Å²) < 4.78 is 28.8. The second-order valence-corrected chi connectivity index (χ2v) is 7.78. The van der Waals surface area contributed by atoms with Crippen LogP contribution in [0.2, 0.25) is 0 Å². The van der Waals surface area contributed by atoms with E-state index in [2.05, 4.69) is 38.5 Å². The molecule has 0 spiro atoms. The molecule has 0 saturated heterocycles. The van der Waals surface area contributed by atoms with Crippen LogP contribution in [0.4, 0.5) is 14.5 Å². The van der Waals surface area contributed by atoms with Gasteiger partial charge in [0.05, 0.1) is 12.6 Å². The number of anilines is 1. The summed E-state index contributed by atoms with van der Waals surface area (Å²) in [6, 6.07) is 18.3. The molecule has 1 aliphatic rings. The third kappa shape index (κ3) is 4.63. The van der Waals surface area contributed by atoms with Crippen LogP contribution in [-0.4, -0.2) is 30.5 Å². The van der Waals surface area contributed by atoms with E-state index in [9.17, 15) is 13.6 Å². The first kappa shape index (κ1) is 19.5. The Morgan fingerprint density at radius 1 is 1.14 bits per heavy atom. The number of benzene rings is 2. The summed E-state index contributed by atoms with van der Waals surface area (Å²) in [5.74, 6) is -0.0877. The van der Waals surface area contributed by atoms with Gasteiger partial charge in [-0.1, -0.05) is 30.3 Å². The zero-order valence-corrected chi connectivity index (χ0v) is 16.4. The summed E-state index contributed by atoms with van der Waals surface area (Å²) in [6.45, 7) is -1.84. The van der Waals surface area contributed by atoms with E-state index in [-0.39, 0.29) is 24.2 Å². The third-order valence-electron chi connectivity index (χ3n) is 4.89. The molecule has 0 unspecified atom stereocenters.